The van der Waals surface area contributed by atoms with E-state index in [4.69, 9.17) is 9.47 Å². The number of unbranched alkanes of at least 4 members (excludes halogenated alkanes) is 9. The van der Waals surface area contributed by atoms with Crippen molar-refractivity contribution in [1.29, 1.82) is 0 Å². The average molecular weight is 435 g/mol. The topological polar surface area (TPSA) is 72.8 Å². The molecule has 31 heavy (non-hydrogen) atoms. The number of carbonyl (C=O) groups is 2. The van der Waals surface area contributed by atoms with E-state index in [1.54, 1.807) is 18.2 Å². The predicted molar refractivity (Wildman–Crippen MR) is 125 cm³/mol. The molecule has 0 saturated carbocycles. The maximum absolute atomic E-state index is 11.7. The second-order valence-electron chi connectivity index (χ2n) is 9.42. The van der Waals surface area contributed by atoms with E-state index >= 15 is 0 Å². The molecule has 0 bridgehead atoms. The van der Waals surface area contributed by atoms with Gasteiger partial charge in [-0.25, -0.2) is 4.79 Å². The van der Waals surface area contributed by atoms with E-state index in [-0.39, 0.29) is 11.4 Å². The minimum absolute atomic E-state index is 0.278. The number of ether oxygens (including phenoxy) is 2. The minimum Gasteiger partial charge on any atom is -0.479 e. The van der Waals surface area contributed by atoms with Crippen molar-refractivity contribution in [2.45, 2.75) is 117 Å². The molecular weight excluding hydrogens is 392 g/mol. The molecule has 1 N–H and O–H groups in total. The van der Waals surface area contributed by atoms with Crippen LogP contribution in [0.3, 0.4) is 0 Å². The van der Waals surface area contributed by atoms with Crippen LogP contribution in [0.5, 0.6) is 11.5 Å². The Morgan fingerprint density at radius 3 is 1.97 bits per heavy atom. The van der Waals surface area contributed by atoms with Crippen molar-refractivity contribution in [3.63, 3.8) is 0 Å². The van der Waals surface area contributed by atoms with Gasteiger partial charge in [0.1, 0.15) is 11.5 Å². The first-order valence-corrected chi connectivity index (χ1v) is 11.9. The number of hydrogen-bond donors (Lipinski definition) is 1. The Kier molecular flexibility index (Phi) is 12.3. The van der Waals surface area contributed by atoms with Gasteiger partial charge in [0.25, 0.3) is 0 Å². The molecule has 0 aliphatic carbocycles. The molecule has 0 unspecified atom stereocenters. The summed E-state index contributed by atoms with van der Waals surface area (Å²) in [6.45, 7) is 9.63. The summed E-state index contributed by atoms with van der Waals surface area (Å²) in [5.74, 6) is -0.366. The van der Waals surface area contributed by atoms with Crippen LogP contribution in [0.2, 0.25) is 0 Å². The highest BCUT2D eigenvalue weighted by Crippen LogP contribution is 2.35. The highest BCUT2D eigenvalue weighted by Gasteiger charge is 2.23. The molecule has 176 valence electrons. The zero-order valence-electron chi connectivity index (χ0n) is 20.2. The van der Waals surface area contributed by atoms with Crippen molar-refractivity contribution in [3.05, 3.63) is 23.8 Å². The van der Waals surface area contributed by atoms with Crippen molar-refractivity contribution in [3.8, 4) is 11.5 Å². The minimum atomic E-state index is -0.947. The van der Waals surface area contributed by atoms with Gasteiger partial charge in [-0.1, -0.05) is 85.5 Å². The van der Waals surface area contributed by atoms with Crippen LogP contribution in [0.1, 0.15) is 111 Å². The molecular formula is C26H42O5. The SMILES string of the molecule is CCCCCCCCCCCC[C@H](Oc1ccc(OC(C)=O)c(C(C)(C)C)c1)C(=O)O. The molecule has 1 aromatic carbocycles. The van der Waals surface area contributed by atoms with Gasteiger partial charge in [-0.15, -0.1) is 0 Å². The van der Waals surface area contributed by atoms with Gasteiger partial charge in [-0.3, -0.25) is 4.79 Å². The zero-order valence-corrected chi connectivity index (χ0v) is 20.2. The van der Waals surface area contributed by atoms with Crippen LogP contribution in [0, 0.1) is 0 Å². The Balaban J connectivity index is 2.54. The first-order valence-electron chi connectivity index (χ1n) is 11.9. The fourth-order valence-corrected chi connectivity index (χ4v) is 3.63. The smallest absolute Gasteiger partial charge is 0.344 e. The van der Waals surface area contributed by atoms with Crippen LogP contribution in [-0.2, 0) is 15.0 Å². The van der Waals surface area contributed by atoms with Gasteiger partial charge in [0, 0.05) is 12.5 Å². The van der Waals surface area contributed by atoms with Gasteiger partial charge in [0.05, 0.1) is 0 Å². The molecule has 0 radical (unpaired) electrons. The molecule has 5 nitrogen and oxygen atoms in total. The standard InChI is InChI=1S/C26H42O5/c1-6-7-8-9-10-11-12-13-14-15-16-24(25(28)29)31-21-17-18-23(30-20(2)27)22(19-21)26(3,4)5/h17-19,24H,6-16H2,1-5H3,(H,28,29)/t24-/m0/s1. The Bertz CT molecular complexity index is 675. The number of rotatable bonds is 15. The molecule has 5 heteroatoms. The van der Waals surface area contributed by atoms with E-state index in [0.29, 0.717) is 17.9 Å². The van der Waals surface area contributed by atoms with Crippen LogP contribution in [0.4, 0.5) is 0 Å². The number of carboxylic acids is 1. The summed E-state index contributed by atoms with van der Waals surface area (Å²) < 4.78 is 11.1. The summed E-state index contributed by atoms with van der Waals surface area (Å²) >= 11 is 0. The number of esters is 1. The average Bonchev–Trinajstić information content (AvgIpc) is 2.68. The summed E-state index contributed by atoms with van der Waals surface area (Å²) in [6.07, 6.45) is 11.7. The van der Waals surface area contributed by atoms with E-state index in [2.05, 4.69) is 6.92 Å². The van der Waals surface area contributed by atoms with Crippen molar-refractivity contribution in [2.24, 2.45) is 0 Å². The van der Waals surface area contributed by atoms with E-state index in [1.807, 2.05) is 20.8 Å². The summed E-state index contributed by atoms with van der Waals surface area (Å²) in [4.78, 5) is 23.1. The van der Waals surface area contributed by atoms with Crippen LogP contribution >= 0.6 is 0 Å². The molecule has 0 aliphatic rings. The lowest BCUT2D eigenvalue weighted by molar-refractivity contribution is -0.145. The molecule has 0 fully saturated rings. The lowest BCUT2D eigenvalue weighted by atomic mass is 9.86. The van der Waals surface area contributed by atoms with Gasteiger partial charge in [0.15, 0.2) is 6.10 Å². The lowest BCUT2D eigenvalue weighted by Gasteiger charge is -2.24. The van der Waals surface area contributed by atoms with Crippen LogP contribution in [-0.4, -0.2) is 23.1 Å². The Morgan fingerprint density at radius 1 is 0.935 bits per heavy atom. The first-order chi connectivity index (χ1) is 14.6. The number of carboxylic acid groups (broad SMARTS) is 1. The third-order valence-corrected chi connectivity index (χ3v) is 5.39. The molecule has 0 aliphatic heterocycles. The van der Waals surface area contributed by atoms with E-state index < -0.39 is 12.1 Å². The fraction of sp³-hybridized carbons (Fsp3) is 0.692. The van der Waals surface area contributed by atoms with Crippen LogP contribution in [0.15, 0.2) is 18.2 Å². The maximum Gasteiger partial charge on any atom is 0.344 e. The summed E-state index contributed by atoms with van der Waals surface area (Å²) in [5.41, 5.74) is 0.530. The second-order valence-corrected chi connectivity index (χ2v) is 9.42. The highest BCUT2D eigenvalue weighted by atomic mass is 16.5. The Morgan fingerprint density at radius 2 is 1.48 bits per heavy atom. The molecule has 0 heterocycles. The zero-order chi connectivity index (χ0) is 23.3. The second kappa shape index (κ2) is 14.1. The summed E-state index contributed by atoms with van der Waals surface area (Å²) in [5, 5.41) is 9.59. The summed E-state index contributed by atoms with van der Waals surface area (Å²) in [7, 11) is 0. The largest absolute Gasteiger partial charge is 0.479 e. The van der Waals surface area contributed by atoms with E-state index in [0.717, 1.165) is 24.8 Å². The number of carbonyl (C=O) groups excluding carboxylic acids is 1. The number of benzene rings is 1. The van der Waals surface area contributed by atoms with Gasteiger partial charge in [-0.2, -0.15) is 0 Å². The number of hydrogen-bond acceptors (Lipinski definition) is 4. The van der Waals surface area contributed by atoms with Gasteiger partial charge >= 0.3 is 11.9 Å². The third-order valence-electron chi connectivity index (χ3n) is 5.39. The molecule has 1 atom stereocenters. The molecule has 1 aromatic rings. The maximum atomic E-state index is 11.7. The fourth-order valence-electron chi connectivity index (χ4n) is 3.63. The van der Waals surface area contributed by atoms with Crippen LogP contribution in [0.25, 0.3) is 0 Å². The van der Waals surface area contributed by atoms with Crippen LogP contribution < -0.4 is 9.47 Å². The Labute approximate surface area is 188 Å². The van der Waals surface area contributed by atoms with Gasteiger partial charge in [0.2, 0.25) is 0 Å². The van der Waals surface area contributed by atoms with E-state index in [9.17, 15) is 14.7 Å². The monoisotopic (exact) mass is 434 g/mol. The highest BCUT2D eigenvalue weighted by molar-refractivity contribution is 5.73. The van der Waals surface area contributed by atoms with Crippen molar-refractivity contribution >= 4 is 11.9 Å². The first kappa shape index (κ1) is 27.0. The molecule has 0 spiro atoms. The van der Waals surface area contributed by atoms with Gasteiger partial charge < -0.3 is 14.6 Å². The normalized spacial score (nSPS) is 12.4. The number of aliphatic carboxylic acids is 1. The molecule has 0 amide bonds. The Hall–Kier alpha value is -2.04. The third kappa shape index (κ3) is 11.2. The quantitative estimate of drug-likeness (QED) is 0.182. The van der Waals surface area contributed by atoms with Crippen molar-refractivity contribution in [1.82, 2.24) is 0 Å². The van der Waals surface area contributed by atoms with Crippen molar-refractivity contribution < 1.29 is 24.2 Å². The predicted octanol–water partition coefficient (Wildman–Crippen LogP) is 7.05. The van der Waals surface area contributed by atoms with Crippen molar-refractivity contribution in [2.75, 3.05) is 0 Å². The lowest BCUT2D eigenvalue weighted by Crippen LogP contribution is -2.27. The van der Waals surface area contributed by atoms with E-state index in [1.165, 1.54) is 51.9 Å². The molecule has 0 saturated heterocycles. The van der Waals surface area contributed by atoms with Gasteiger partial charge in [-0.05, 0) is 36.5 Å². The molecule has 1 rings (SSSR count). The molecule has 0 aromatic heterocycles. The summed E-state index contributed by atoms with van der Waals surface area (Å²) in [6, 6.07) is 5.13.